The molecule has 0 amide bonds. The SMILES string of the molecule is C[C@H](NCc1ccncc1)c1cc(F)ccc1N1CCN(C)CC1. The zero-order valence-electron chi connectivity index (χ0n) is 14.4. The second-order valence-corrected chi connectivity index (χ2v) is 6.45. The molecule has 0 saturated carbocycles. The van der Waals surface area contributed by atoms with Crippen LogP contribution in [0.25, 0.3) is 0 Å². The fourth-order valence-electron chi connectivity index (χ4n) is 3.09. The lowest BCUT2D eigenvalue weighted by Crippen LogP contribution is -2.45. The van der Waals surface area contributed by atoms with Crippen molar-refractivity contribution in [2.75, 3.05) is 38.1 Å². The summed E-state index contributed by atoms with van der Waals surface area (Å²) < 4.78 is 13.8. The Kier molecular flexibility index (Phi) is 5.43. The van der Waals surface area contributed by atoms with E-state index in [0.717, 1.165) is 44.0 Å². The van der Waals surface area contributed by atoms with Gasteiger partial charge in [0.15, 0.2) is 0 Å². The Hall–Kier alpha value is -1.98. The molecule has 1 aromatic carbocycles. The van der Waals surface area contributed by atoms with Crippen molar-refractivity contribution in [3.63, 3.8) is 0 Å². The van der Waals surface area contributed by atoms with Crippen LogP contribution in [0.5, 0.6) is 0 Å². The fraction of sp³-hybridized carbons (Fsp3) is 0.421. The second kappa shape index (κ2) is 7.73. The molecule has 1 aliphatic rings. The van der Waals surface area contributed by atoms with E-state index in [1.807, 2.05) is 18.2 Å². The number of aromatic nitrogens is 1. The van der Waals surface area contributed by atoms with Gasteiger partial charge in [-0.25, -0.2) is 4.39 Å². The molecule has 3 rings (SSSR count). The summed E-state index contributed by atoms with van der Waals surface area (Å²) in [6, 6.07) is 9.20. The van der Waals surface area contributed by atoms with E-state index >= 15 is 0 Å². The molecule has 1 fully saturated rings. The molecule has 128 valence electrons. The van der Waals surface area contributed by atoms with Crippen molar-refractivity contribution in [2.24, 2.45) is 0 Å². The number of benzene rings is 1. The molecular formula is C19H25FN4. The highest BCUT2D eigenvalue weighted by Gasteiger charge is 2.20. The molecule has 0 spiro atoms. The first-order valence-corrected chi connectivity index (χ1v) is 8.48. The van der Waals surface area contributed by atoms with Gasteiger partial charge in [0.05, 0.1) is 0 Å². The molecule has 0 unspecified atom stereocenters. The van der Waals surface area contributed by atoms with Gasteiger partial charge >= 0.3 is 0 Å². The Morgan fingerprint density at radius 2 is 1.83 bits per heavy atom. The zero-order valence-corrected chi connectivity index (χ0v) is 14.4. The van der Waals surface area contributed by atoms with Crippen molar-refractivity contribution in [3.8, 4) is 0 Å². The van der Waals surface area contributed by atoms with E-state index in [1.54, 1.807) is 24.5 Å². The number of nitrogens with one attached hydrogen (secondary N) is 1. The third-order valence-electron chi connectivity index (χ3n) is 4.66. The van der Waals surface area contributed by atoms with Gasteiger partial charge < -0.3 is 15.1 Å². The summed E-state index contributed by atoms with van der Waals surface area (Å²) in [7, 11) is 2.14. The van der Waals surface area contributed by atoms with Crippen LogP contribution in [0.2, 0.25) is 0 Å². The average Bonchev–Trinajstić information content (AvgIpc) is 2.61. The number of piperazine rings is 1. The highest BCUT2D eigenvalue weighted by Crippen LogP contribution is 2.28. The summed E-state index contributed by atoms with van der Waals surface area (Å²) in [4.78, 5) is 8.72. The molecule has 0 radical (unpaired) electrons. The van der Waals surface area contributed by atoms with E-state index in [-0.39, 0.29) is 11.9 Å². The van der Waals surface area contributed by atoms with Gasteiger partial charge in [0.2, 0.25) is 0 Å². The van der Waals surface area contributed by atoms with Crippen molar-refractivity contribution < 1.29 is 4.39 Å². The van der Waals surface area contributed by atoms with Crippen LogP contribution in [0.3, 0.4) is 0 Å². The lowest BCUT2D eigenvalue weighted by Gasteiger charge is -2.36. The Balaban J connectivity index is 1.74. The van der Waals surface area contributed by atoms with Crippen LogP contribution in [0.15, 0.2) is 42.7 Å². The van der Waals surface area contributed by atoms with Crippen LogP contribution in [0.1, 0.15) is 24.1 Å². The number of nitrogens with zero attached hydrogens (tertiary/aromatic N) is 3. The monoisotopic (exact) mass is 328 g/mol. The van der Waals surface area contributed by atoms with Crippen LogP contribution >= 0.6 is 0 Å². The number of likely N-dealkylation sites (N-methyl/N-ethyl adjacent to an activating group) is 1. The standard InChI is InChI=1S/C19H25FN4/c1-15(22-14-16-5-7-21-8-6-16)18-13-17(20)3-4-19(18)24-11-9-23(2)10-12-24/h3-8,13,15,22H,9-12,14H2,1-2H3/t15-/m0/s1. The number of pyridine rings is 1. The zero-order chi connectivity index (χ0) is 16.9. The number of anilines is 1. The Morgan fingerprint density at radius 3 is 2.54 bits per heavy atom. The van der Waals surface area contributed by atoms with Crippen molar-refractivity contribution in [3.05, 3.63) is 59.7 Å². The lowest BCUT2D eigenvalue weighted by atomic mass is 10.0. The minimum atomic E-state index is -0.180. The van der Waals surface area contributed by atoms with Gasteiger partial charge in [-0.15, -0.1) is 0 Å². The Labute approximate surface area is 143 Å². The first-order valence-electron chi connectivity index (χ1n) is 8.48. The van der Waals surface area contributed by atoms with Gasteiger partial charge in [-0.1, -0.05) is 0 Å². The van der Waals surface area contributed by atoms with E-state index in [4.69, 9.17) is 0 Å². The maximum Gasteiger partial charge on any atom is 0.123 e. The highest BCUT2D eigenvalue weighted by molar-refractivity contribution is 5.55. The molecule has 0 aliphatic carbocycles. The van der Waals surface area contributed by atoms with E-state index in [2.05, 4.69) is 34.1 Å². The quantitative estimate of drug-likeness (QED) is 0.914. The molecule has 2 heterocycles. The van der Waals surface area contributed by atoms with Crippen molar-refractivity contribution in [1.29, 1.82) is 0 Å². The summed E-state index contributed by atoms with van der Waals surface area (Å²) in [5.41, 5.74) is 3.34. The molecule has 1 aromatic heterocycles. The Morgan fingerprint density at radius 1 is 1.12 bits per heavy atom. The summed E-state index contributed by atoms with van der Waals surface area (Å²) in [6.07, 6.45) is 3.58. The van der Waals surface area contributed by atoms with Gasteiger partial charge in [-0.05, 0) is 55.4 Å². The molecule has 24 heavy (non-hydrogen) atoms. The van der Waals surface area contributed by atoms with Crippen LogP contribution < -0.4 is 10.2 Å². The van der Waals surface area contributed by atoms with E-state index < -0.39 is 0 Å². The Bertz CT molecular complexity index is 654. The average molecular weight is 328 g/mol. The normalized spacial score (nSPS) is 17.0. The molecule has 1 saturated heterocycles. The number of halogens is 1. The summed E-state index contributed by atoms with van der Waals surface area (Å²) in [5.74, 6) is -0.180. The number of rotatable bonds is 5. The fourth-order valence-corrected chi connectivity index (χ4v) is 3.09. The third kappa shape index (κ3) is 4.10. The number of hydrogen-bond acceptors (Lipinski definition) is 4. The molecule has 4 nitrogen and oxygen atoms in total. The van der Waals surface area contributed by atoms with Crippen molar-refractivity contribution in [2.45, 2.75) is 19.5 Å². The van der Waals surface area contributed by atoms with E-state index in [0.29, 0.717) is 0 Å². The molecule has 2 aromatic rings. The molecule has 0 bridgehead atoms. The summed E-state index contributed by atoms with van der Waals surface area (Å²) >= 11 is 0. The molecule has 1 aliphatic heterocycles. The van der Waals surface area contributed by atoms with Gasteiger partial charge in [0.1, 0.15) is 5.82 Å². The van der Waals surface area contributed by atoms with Gasteiger partial charge in [0, 0.05) is 56.8 Å². The highest BCUT2D eigenvalue weighted by atomic mass is 19.1. The first kappa shape index (κ1) is 16.9. The maximum absolute atomic E-state index is 13.8. The topological polar surface area (TPSA) is 31.4 Å². The molecular weight excluding hydrogens is 303 g/mol. The second-order valence-electron chi connectivity index (χ2n) is 6.45. The largest absolute Gasteiger partial charge is 0.369 e. The van der Waals surface area contributed by atoms with Crippen LogP contribution in [0, 0.1) is 5.82 Å². The summed E-state index contributed by atoms with van der Waals surface area (Å²) in [5, 5.41) is 3.50. The van der Waals surface area contributed by atoms with Crippen molar-refractivity contribution >= 4 is 5.69 Å². The number of hydrogen-bond donors (Lipinski definition) is 1. The van der Waals surface area contributed by atoms with Crippen molar-refractivity contribution in [1.82, 2.24) is 15.2 Å². The smallest absolute Gasteiger partial charge is 0.123 e. The predicted molar refractivity (Wildman–Crippen MR) is 95.6 cm³/mol. The van der Waals surface area contributed by atoms with Gasteiger partial charge in [0.25, 0.3) is 0 Å². The maximum atomic E-state index is 13.8. The molecule has 5 heteroatoms. The third-order valence-corrected chi connectivity index (χ3v) is 4.66. The minimum Gasteiger partial charge on any atom is -0.369 e. The van der Waals surface area contributed by atoms with Gasteiger partial charge in [-0.2, -0.15) is 0 Å². The minimum absolute atomic E-state index is 0.0727. The van der Waals surface area contributed by atoms with E-state index in [1.165, 1.54) is 5.56 Å². The first-order chi connectivity index (χ1) is 11.6. The molecule has 1 N–H and O–H groups in total. The van der Waals surface area contributed by atoms with Gasteiger partial charge in [-0.3, -0.25) is 4.98 Å². The summed E-state index contributed by atoms with van der Waals surface area (Å²) in [6.45, 7) is 6.86. The predicted octanol–water partition coefficient (Wildman–Crippen LogP) is 2.82. The lowest BCUT2D eigenvalue weighted by molar-refractivity contribution is 0.312. The van der Waals surface area contributed by atoms with E-state index in [9.17, 15) is 4.39 Å². The van der Waals surface area contributed by atoms with Crippen LogP contribution in [-0.2, 0) is 6.54 Å². The van der Waals surface area contributed by atoms with Crippen LogP contribution in [0.4, 0.5) is 10.1 Å². The van der Waals surface area contributed by atoms with Crippen LogP contribution in [-0.4, -0.2) is 43.1 Å². The molecule has 1 atom stereocenters.